The number of carbonyl (C=O) groups is 3. The van der Waals surface area contributed by atoms with Crippen molar-refractivity contribution in [3.05, 3.63) is 65.7 Å². The maximum atomic E-state index is 12.5. The summed E-state index contributed by atoms with van der Waals surface area (Å²) in [5.41, 5.74) is 6.43. The second-order valence-electron chi connectivity index (χ2n) is 7.78. The van der Waals surface area contributed by atoms with Crippen LogP contribution in [-0.2, 0) is 16.1 Å². The summed E-state index contributed by atoms with van der Waals surface area (Å²) >= 11 is 5.09. The van der Waals surface area contributed by atoms with Gasteiger partial charge in [-0.1, -0.05) is 43.7 Å². The first-order valence-corrected chi connectivity index (χ1v) is 11.3. The fourth-order valence-corrected chi connectivity index (χ4v) is 3.51. The second kappa shape index (κ2) is 12.0. The fourth-order valence-electron chi connectivity index (χ4n) is 3.37. The van der Waals surface area contributed by atoms with Crippen LogP contribution in [0, 0.1) is 5.92 Å². The number of thiocarbonyl (C=S) groups is 1. The van der Waals surface area contributed by atoms with Gasteiger partial charge in [0.1, 0.15) is 5.75 Å². The van der Waals surface area contributed by atoms with Crippen LogP contribution in [0.5, 0.6) is 5.75 Å². The Bertz CT molecular complexity index is 982. The van der Waals surface area contributed by atoms with E-state index in [4.69, 9.17) is 17.0 Å². The Morgan fingerprint density at radius 1 is 1.09 bits per heavy atom. The van der Waals surface area contributed by atoms with Crippen molar-refractivity contribution in [1.29, 1.82) is 0 Å². The number of hydrazine groups is 1. The Labute approximate surface area is 198 Å². The average Bonchev–Trinajstić information content (AvgIpc) is 3.19. The fraction of sp³-hybridized carbons (Fsp3) is 0.333. The Balaban J connectivity index is 1.41. The highest BCUT2D eigenvalue weighted by molar-refractivity contribution is 7.80. The van der Waals surface area contributed by atoms with Gasteiger partial charge in [-0.05, 0) is 48.5 Å². The highest BCUT2D eigenvalue weighted by Gasteiger charge is 2.34. The highest BCUT2D eigenvalue weighted by Crippen LogP contribution is 2.20. The number of carbonyl (C=O) groups excluding carboxylic acids is 3. The van der Waals surface area contributed by atoms with Gasteiger partial charge in [0.25, 0.3) is 5.91 Å². The molecule has 1 heterocycles. The minimum atomic E-state index is -0.493. The van der Waals surface area contributed by atoms with Crippen LogP contribution < -0.4 is 20.9 Å². The van der Waals surface area contributed by atoms with E-state index in [1.807, 2.05) is 30.3 Å². The zero-order valence-corrected chi connectivity index (χ0v) is 19.3. The Morgan fingerprint density at radius 2 is 1.82 bits per heavy atom. The van der Waals surface area contributed by atoms with Crippen molar-refractivity contribution < 1.29 is 19.1 Å². The Hall–Kier alpha value is -3.46. The lowest BCUT2D eigenvalue weighted by atomic mass is 10.1. The Kier molecular flexibility index (Phi) is 8.77. The van der Waals surface area contributed by atoms with E-state index in [9.17, 15) is 14.4 Å². The molecule has 2 aromatic carbocycles. The number of amides is 3. The van der Waals surface area contributed by atoms with Crippen molar-refractivity contribution >= 4 is 35.1 Å². The molecule has 0 aliphatic carbocycles. The molecule has 0 saturated carbocycles. The van der Waals surface area contributed by atoms with Crippen LogP contribution in [0.25, 0.3) is 0 Å². The van der Waals surface area contributed by atoms with Gasteiger partial charge in [-0.25, -0.2) is 0 Å². The van der Waals surface area contributed by atoms with Crippen molar-refractivity contribution in [2.24, 2.45) is 5.92 Å². The van der Waals surface area contributed by atoms with Gasteiger partial charge in [0.15, 0.2) is 5.11 Å². The first kappa shape index (κ1) is 24.2. The van der Waals surface area contributed by atoms with Crippen LogP contribution in [-0.4, -0.2) is 40.9 Å². The number of rotatable bonds is 8. The zero-order chi connectivity index (χ0) is 23.6. The molecule has 1 unspecified atom stereocenters. The number of unbranched alkanes of at least 4 members (excludes halogenated alkanes) is 1. The van der Waals surface area contributed by atoms with Gasteiger partial charge >= 0.3 is 0 Å². The van der Waals surface area contributed by atoms with E-state index in [1.54, 1.807) is 29.2 Å². The number of ether oxygens (including phenoxy) is 1. The van der Waals surface area contributed by atoms with Crippen molar-refractivity contribution in [3.8, 4) is 5.75 Å². The van der Waals surface area contributed by atoms with Gasteiger partial charge in [0, 0.05) is 25.1 Å². The minimum absolute atomic E-state index is 0.0397. The summed E-state index contributed by atoms with van der Waals surface area (Å²) in [5.74, 6) is -0.638. The van der Waals surface area contributed by atoms with Gasteiger partial charge in [-0.3, -0.25) is 30.6 Å². The number of benzene rings is 2. The molecule has 8 nitrogen and oxygen atoms in total. The molecule has 33 heavy (non-hydrogen) atoms. The lowest BCUT2D eigenvalue weighted by Gasteiger charge is -2.17. The molecule has 2 aromatic rings. The molecule has 0 bridgehead atoms. The van der Waals surface area contributed by atoms with E-state index in [-0.39, 0.29) is 23.3 Å². The zero-order valence-electron chi connectivity index (χ0n) is 18.5. The van der Waals surface area contributed by atoms with Crippen LogP contribution in [0.4, 0.5) is 0 Å². The smallest absolute Gasteiger partial charge is 0.257 e. The maximum Gasteiger partial charge on any atom is 0.257 e. The summed E-state index contributed by atoms with van der Waals surface area (Å²) in [5, 5.41) is 2.47. The van der Waals surface area contributed by atoms with Crippen molar-refractivity contribution in [1.82, 2.24) is 21.1 Å². The topological polar surface area (TPSA) is 99.8 Å². The van der Waals surface area contributed by atoms with Crippen LogP contribution in [0.1, 0.15) is 42.1 Å². The number of nitrogens with zero attached hydrogens (tertiary/aromatic N) is 1. The Morgan fingerprint density at radius 3 is 2.52 bits per heavy atom. The summed E-state index contributed by atoms with van der Waals surface area (Å²) < 4.78 is 5.58. The molecule has 1 saturated heterocycles. The van der Waals surface area contributed by atoms with Crippen LogP contribution >= 0.6 is 12.2 Å². The molecule has 1 aliphatic rings. The number of likely N-dealkylation sites (tertiary alicyclic amines) is 1. The summed E-state index contributed by atoms with van der Waals surface area (Å²) in [7, 11) is 0. The average molecular weight is 469 g/mol. The van der Waals surface area contributed by atoms with Crippen LogP contribution in [0.15, 0.2) is 54.6 Å². The lowest BCUT2D eigenvalue weighted by Crippen LogP contribution is -2.50. The number of nitrogens with one attached hydrogen (secondary N) is 3. The van der Waals surface area contributed by atoms with E-state index < -0.39 is 11.8 Å². The summed E-state index contributed by atoms with van der Waals surface area (Å²) in [6.07, 6.45) is 2.14. The first-order valence-electron chi connectivity index (χ1n) is 10.9. The molecule has 3 N–H and O–H groups in total. The standard InChI is InChI=1S/C24H28N4O4S/c1-2-3-13-32-20-11-9-18(10-12-20)22(30)25-24(33)27-26-23(31)19-14-21(29)28(16-19)15-17-7-5-4-6-8-17/h4-12,19H,2-3,13-16H2,1H3,(H,26,31)(H2,25,27,30,33). The van der Waals surface area contributed by atoms with Crippen molar-refractivity contribution in [2.75, 3.05) is 13.2 Å². The third-order valence-corrected chi connectivity index (χ3v) is 5.42. The molecular formula is C24H28N4O4S. The molecule has 0 radical (unpaired) electrons. The monoisotopic (exact) mass is 468 g/mol. The summed E-state index contributed by atoms with van der Waals surface area (Å²) in [6, 6.07) is 16.3. The molecule has 1 fully saturated rings. The number of hydrogen-bond acceptors (Lipinski definition) is 5. The van der Waals surface area contributed by atoms with Gasteiger partial charge in [0.05, 0.1) is 12.5 Å². The van der Waals surface area contributed by atoms with Gasteiger partial charge in [-0.2, -0.15) is 0 Å². The third-order valence-electron chi connectivity index (χ3n) is 5.21. The van der Waals surface area contributed by atoms with E-state index in [1.165, 1.54) is 0 Å². The maximum absolute atomic E-state index is 12.5. The first-order chi connectivity index (χ1) is 16.0. The summed E-state index contributed by atoms with van der Waals surface area (Å²) in [4.78, 5) is 38.7. The molecule has 0 spiro atoms. The van der Waals surface area contributed by atoms with E-state index in [0.717, 1.165) is 18.4 Å². The molecule has 1 atom stereocenters. The molecular weight excluding hydrogens is 440 g/mol. The van der Waals surface area contributed by atoms with E-state index in [2.05, 4.69) is 23.1 Å². The molecule has 1 aliphatic heterocycles. The second-order valence-corrected chi connectivity index (χ2v) is 8.19. The predicted octanol–water partition coefficient (Wildman–Crippen LogP) is 2.55. The van der Waals surface area contributed by atoms with Crippen molar-refractivity contribution in [3.63, 3.8) is 0 Å². The quantitative estimate of drug-likeness (QED) is 0.313. The molecule has 0 aromatic heterocycles. The van der Waals surface area contributed by atoms with Gasteiger partial charge < -0.3 is 9.64 Å². The molecule has 174 valence electrons. The van der Waals surface area contributed by atoms with E-state index in [0.29, 0.717) is 31.0 Å². The summed E-state index contributed by atoms with van der Waals surface area (Å²) in [6.45, 7) is 3.51. The normalized spacial score (nSPS) is 15.1. The highest BCUT2D eigenvalue weighted by atomic mass is 32.1. The predicted molar refractivity (Wildman–Crippen MR) is 128 cm³/mol. The third kappa shape index (κ3) is 7.28. The number of hydrogen-bond donors (Lipinski definition) is 3. The van der Waals surface area contributed by atoms with Crippen molar-refractivity contribution in [2.45, 2.75) is 32.7 Å². The molecule has 3 rings (SSSR count). The van der Waals surface area contributed by atoms with E-state index >= 15 is 0 Å². The van der Waals surface area contributed by atoms with Gasteiger partial charge in [-0.15, -0.1) is 0 Å². The molecule has 9 heteroatoms. The molecule has 3 amide bonds. The van der Waals surface area contributed by atoms with Gasteiger partial charge in [0.2, 0.25) is 11.8 Å². The minimum Gasteiger partial charge on any atom is -0.494 e. The SMILES string of the molecule is CCCCOc1ccc(C(=O)NC(=S)NNC(=O)C2CC(=O)N(Cc3ccccc3)C2)cc1. The van der Waals surface area contributed by atoms with Crippen LogP contribution in [0.3, 0.4) is 0 Å². The largest absolute Gasteiger partial charge is 0.494 e. The van der Waals surface area contributed by atoms with Crippen LogP contribution in [0.2, 0.25) is 0 Å². The lowest BCUT2D eigenvalue weighted by molar-refractivity contribution is -0.129.